The number of Topliss-reactive ketones (excluding diaryl/α,β-unsaturated/α-hetero) is 1. The van der Waals surface area contributed by atoms with Crippen molar-refractivity contribution in [1.29, 1.82) is 0 Å². The van der Waals surface area contributed by atoms with Gasteiger partial charge in [0, 0.05) is 5.56 Å². The van der Waals surface area contributed by atoms with Gasteiger partial charge in [0.1, 0.15) is 0 Å². The molecule has 6 heteroatoms. The topological polar surface area (TPSA) is 68.9 Å². The number of aromatic nitrogens is 2. The summed E-state index contributed by atoms with van der Waals surface area (Å²) in [5, 5.41) is 8.12. The molecular weight excluding hydrogens is 314 g/mol. The Hall–Kier alpha value is -1.40. The van der Waals surface area contributed by atoms with Crippen LogP contribution in [0.2, 0.25) is 0 Å². The van der Waals surface area contributed by atoms with Gasteiger partial charge < -0.3 is 5.73 Å². The first-order valence-corrected chi connectivity index (χ1v) is 9.07. The van der Waals surface area contributed by atoms with Gasteiger partial charge in [-0.3, -0.25) is 4.79 Å². The molecule has 2 N–H and O–H groups in total. The molecule has 0 radical (unpaired) electrons. The molecule has 0 saturated carbocycles. The Morgan fingerprint density at radius 1 is 1.23 bits per heavy atom. The maximum Gasteiger partial charge on any atom is 0.203 e. The second kappa shape index (κ2) is 7.24. The number of nitrogen functional groups attached to an aromatic ring is 1. The van der Waals surface area contributed by atoms with Crippen molar-refractivity contribution in [1.82, 2.24) is 10.2 Å². The summed E-state index contributed by atoms with van der Waals surface area (Å²) in [6.45, 7) is 8.57. The van der Waals surface area contributed by atoms with E-state index in [0.29, 0.717) is 22.7 Å². The van der Waals surface area contributed by atoms with Crippen LogP contribution in [0.5, 0.6) is 0 Å². The number of carbonyl (C=O) groups is 1. The van der Waals surface area contributed by atoms with Crippen LogP contribution in [-0.2, 0) is 0 Å². The van der Waals surface area contributed by atoms with Gasteiger partial charge in [0.15, 0.2) is 10.1 Å². The molecule has 0 bridgehead atoms. The molecule has 0 aliphatic carbocycles. The number of carbonyl (C=O) groups excluding carboxylic acids is 1. The fourth-order valence-corrected chi connectivity index (χ4v) is 3.68. The van der Waals surface area contributed by atoms with Crippen LogP contribution in [0.25, 0.3) is 0 Å². The highest BCUT2D eigenvalue weighted by Gasteiger charge is 2.16. The lowest BCUT2D eigenvalue weighted by molar-refractivity contribution is 0.102. The summed E-state index contributed by atoms with van der Waals surface area (Å²) in [5.41, 5.74) is 8.75. The molecule has 4 nitrogen and oxygen atoms in total. The Morgan fingerprint density at radius 3 is 2.50 bits per heavy atom. The first-order valence-electron chi connectivity index (χ1n) is 7.27. The van der Waals surface area contributed by atoms with E-state index in [-0.39, 0.29) is 5.78 Å². The second-order valence-corrected chi connectivity index (χ2v) is 8.01. The van der Waals surface area contributed by atoms with Crippen molar-refractivity contribution in [2.24, 2.45) is 0 Å². The number of benzene rings is 1. The predicted octanol–water partition coefficient (Wildman–Crippen LogP) is 4.34. The molecule has 0 saturated heterocycles. The number of thioether (sulfide) groups is 1. The monoisotopic (exact) mass is 335 g/mol. The summed E-state index contributed by atoms with van der Waals surface area (Å²) in [4.78, 5) is 12.5. The smallest absolute Gasteiger partial charge is 0.203 e. The van der Waals surface area contributed by atoms with E-state index in [1.165, 1.54) is 28.7 Å². The minimum absolute atomic E-state index is 0.123. The van der Waals surface area contributed by atoms with Crippen LogP contribution in [0.4, 0.5) is 5.13 Å². The van der Waals surface area contributed by atoms with Gasteiger partial charge >= 0.3 is 0 Å². The molecule has 118 valence electrons. The SMILES string of the molecule is CC(C)c1ccc(C(=O)CSc2nnc(N)s2)c(C(C)C)c1. The van der Waals surface area contributed by atoms with Crippen molar-refractivity contribution in [3.63, 3.8) is 0 Å². The zero-order valence-corrected chi connectivity index (χ0v) is 14.9. The van der Waals surface area contributed by atoms with Crippen LogP contribution in [0.15, 0.2) is 22.5 Å². The predicted molar refractivity (Wildman–Crippen MR) is 94.0 cm³/mol. The van der Waals surface area contributed by atoms with Gasteiger partial charge in [-0.05, 0) is 23.0 Å². The Balaban J connectivity index is 2.17. The molecule has 0 aliphatic heterocycles. The highest BCUT2D eigenvalue weighted by atomic mass is 32.2. The Bertz CT molecular complexity index is 665. The van der Waals surface area contributed by atoms with Crippen molar-refractivity contribution < 1.29 is 4.79 Å². The molecule has 0 unspecified atom stereocenters. The third-order valence-electron chi connectivity index (χ3n) is 3.41. The third kappa shape index (κ3) is 4.08. The Morgan fingerprint density at radius 2 is 1.95 bits per heavy atom. The molecule has 1 aromatic carbocycles. The standard InChI is InChI=1S/C16H21N3OS2/c1-9(2)11-5-6-12(13(7-11)10(3)4)14(20)8-21-16-19-18-15(17)22-16/h5-7,9-10H,8H2,1-4H3,(H2,17,18). The quantitative estimate of drug-likeness (QED) is 0.628. The van der Waals surface area contributed by atoms with E-state index in [1.807, 2.05) is 6.07 Å². The lowest BCUT2D eigenvalue weighted by atomic mass is 9.90. The molecular formula is C16H21N3OS2. The largest absolute Gasteiger partial charge is 0.374 e. The van der Waals surface area contributed by atoms with Gasteiger partial charge in [-0.15, -0.1) is 10.2 Å². The minimum Gasteiger partial charge on any atom is -0.374 e. The van der Waals surface area contributed by atoms with Crippen LogP contribution in [0.3, 0.4) is 0 Å². The zero-order chi connectivity index (χ0) is 16.3. The number of anilines is 1. The van der Waals surface area contributed by atoms with Crippen LogP contribution in [-0.4, -0.2) is 21.7 Å². The van der Waals surface area contributed by atoms with Gasteiger partial charge in [0.25, 0.3) is 0 Å². The van der Waals surface area contributed by atoms with Gasteiger partial charge in [-0.25, -0.2) is 0 Å². The number of nitrogens with zero attached hydrogens (tertiary/aromatic N) is 2. The highest BCUT2D eigenvalue weighted by Crippen LogP contribution is 2.28. The summed E-state index contributed by atoms with van der Waals surface area (Å²) in [6, 6.07) is 6.18. The van der Waals surface area contributed by atoms with Crippen molar-refractivity contribution >= 4 is 34.0 Å². The summed E-state index contributed by atoms with van der Waals surface area (Å²) >= 11 is 2.70. The Kier molecular flexibility index (Phi) is 5.58. The van der Waals surface area contributed by atoms with E-state index in [9.17, 15) is 4.79 Å². The lowest BCUT2D eigenvalue weighted by Gasteiger charge is -2.15. The molecule has 0 atom stereocenters. The second-order valence-electron chi connectivity index (χ2n) is 5.77. The first kappa shape index (κ1) is 17.0. The maximum absolute atomic E-state index is 12.5. The number of ketones is 1. The lowest BCUT2D eigenvalue weighted by Crippen LogP contribution is -2.08. The van der Waals surface area contributed by atoms with Gasteiger partial charge in [-0.2, -0.15) is 0 Å². The van der Waals surface area contributed by atoms with Crippen molar-refractivity contribution in [2.75, 3.05) is 11.5 Å². The average molecular weight is 335 g/mol. The van der Waals surface area contributed by atoms with Crippen LogP contribution in [0.1, 0.15) is 61.0 Å². The summed E-state index contributed by atoms with van der Waals surface area (Å²) < 4.78 is 0.732. The molecule has 0 aliphatic rings. The number of hydrogen-bond acceptors (Lipinski definition) is 6. The summed E-state index contributed by atoms with van der Waals surface area (Å²) in [5.74, 6) is 1.26. The highest BCUT2D eigenvalue weighted by molar-refractivity contribution is 8.01. The molecule has 2 aromatic rings. The molecule has 0 fully saturated rings. The fourth-order valence-electron chi connectivity index (χ4n) is 2.16. The van der Waals surface area contributed by atoms with Crippen molar-refractivity contribution in [3.05, 3.63) is 34.9 Å². The first-order chi connectivity index (χ1) is 10.4. The zero-order valence-electron chi connectivity index (χ0n) is 13.3. The average Bonchev–Trinajstić information content (AvgIpc) is 2.89. The van der Waals surface area contributed by atoms with E-state index < -0.39 is 0 Å². The van der Waals surface area contributed by atoms with Crippen LogP contribution < -0.4 is 5.73 Å². The van der Waals surface area contributed by atoms with E-state index in [0.717, 1.165) is 15.5 Å². The van der Waals surface area contributed by atoms with Gasteiger partial charge in [0.05, 0.1) is 5.75 Å². The molecule has 2 rings (SSSR count). The Labute approximate surface area is 139 Å². The van der Waals surface area contributed by atoms with E-state index in [1.54, 1.807) is 0 Å². The summed E-state index contributed by atoms with van der Waals surface area (Å²) in [7, 11) is 0. The molecule has 0 amide bonds. The fraction of sp³-hybridized carbons (Fsp3) is 0.438. The van der Waals surface area contributed by atoms with Crippen LogP contribution in [0, 0.1) is 0 Å². The number of nitrogens with two attached hydrogens (primary N) is 1. The van der Waals surface area contributed by atoms with Crippen molar-refractivity contribution in [2.45, 2.75) is 43.9 Å². The van der Waals surface area contributed by atoms with Gasteiger partial charge in [-0.1, -0.05) is 69.0 Å². The summed E-state index contributed by atoms with van der Waals surface area (Å²) in [6.07, 6.45) is 0. The number of rotatable bonds is 6. The van der Waals surface area contributed by atoms with Crippen LogP contribution >= 0.6 is 23.1 Å². The third-order valence-corrected chi connectivity index (χ3v) is 5.30. The maximum atomic E-state index is 12.5. The molecule has 1 aromatic heterocycles. The van der Waals surface area contributed by atoms with E-state index in [2.05, 4.69) is 50.0 Å². The minimum atomic E-state index is 0.123. The van der Waals surface area contributed by atoms with Gasteiger partial charge in [0.2, 0.25) is 5.13 Å². The van der Waals surface area contributed by atoms with Crippen molar-refractivity contribution in [3.8, 4) is 0 Å². The van der Waals surface area contributed by atoms with E-state index >= 15 is 0 Å². The number of hydrogen-bond donors (Lipinski definition) is 1. The molecule has 0 spiro atoms. The van der Waals surface area contributed by atoms with E-state index in [4.69, 9.17) is 5.73 Å². The molecule has 22 heavy (non-hydrogen) atoms. The normalized spacial score (nSPS) is 11.4. The molecule has 1 heterocycles.